The summed E-state index contributed by atoms with van der Waals surface area (Å²) in [5, 5.41) is 4.19. The third-order valence-corrected chi connectivity index (χ3v) is 4.44. The van der Waals surface area contributed by atoms with Crippen LogP contribution in [-0.4, -0.2) is 7.11 Å². The number of halogens is 1. The summed E-state index contributed by atoms with van der Waals surface area (Å²) in [5.41, 5.74) is 3.34. The van der Waals surface area contributed by atoms with Gasteiger partial charge in [-0.25, -0.2) is 0 Å². The number of methoxy groups -OCH3 is 1. The third kappa shape index (κ3) is 5.01. The zero-order valence-corrected chi connectivity index (χ0v) is 15.5. The van der Waals surface area contributed by atoms with Gasteiger partial charge < -0.3 is 14.8 Å². The van der Waals surface area contributed by atoms with Crippen molar-refractivity contribution >= 4 is 11.6 Å². The van der Waals surface area contributed by atoms with Gasteiger partial charge in [0.05, 0.1) is 7.11 Å². The highest BCUT2D eigenvalue weighted by Gasteiger charge is 2.07. The molecule has 0 aromatic heterocycles. The van der Waals surface area contributed by atoms with E-state index in [0.717, 1.165) is 39.8 Å². The lowest BCUT2D eigenvalue weighted by Crippen LogP contribution is -2.13. The zero-order chi connectivity index (χ0) is 18.2. The molecule has 0 saturated heterocycles. The quantitative estimate of drug-likeness (QED) is 0.592. The standard InChI is InChI=1S/C22H22ClNO2/c1-25-22-13-18(14-24-15-19-9-5-6-10-20(19)23)11-12-21(22)26-16-17-7-3-2-4-8-17/h2-13,24H,14-16H2,1H3. The maximum Gasteiger partial charge on any atom is 0.161 e. The fourth-order valence-corrected chi connectivity index (χ4v) is 2.86. The minimum atomic E-state index is 0.515. The molecule has 0 spiro atoms. The second-order valence-electron chi connectivity index (χ2n) is 5.95. The molecule has 0 heterocycles. The molecule has 134 valence electrons. The molecule has 1 N–H and O–H groups in total. The van der Waals surface area contributed by atoms with Crippen LogP contribution in [0.4, 0.5) is 0 Å². The summed E-state index contributed by atoms with van der Waals surface area (Å²) in [7, 11) is 1.66. The van der Waals surface area contributed by atoms with Gasteiger partial charge in [0.15, 0.2) is 11.5 Å². The highest BCUT2D eigenvalue weighted by atomic mass is 35.5. The largest absolute Gasteiger partial charge is 0.493 e. The summed E-state index contributed by atoms with van der Waals surface area (Å²) < 4.78 is 11.4. The fourth-order valence-electron chi connectivity index (χ4n) is 2.66. The van der Waals surface area contributed by atoms with Crippen LogP contribution < -0.4 is 14.8 Å². The van der Waals surface area contributed by atoms with Gasteiger partial charge in [0.2, 0.25) is 0 Å². The number of hydrogen-bond donors (Lipinski definition) is 1. The van der Waals surface area contributed by atoms with Crippen LogP contribution in [0.2, 0.25) is 5.02 Å². The van der Waals surface area contributed by atoms with Gasteiger partial charge in [-0.3, -0.25) is 0 Å². The van der Waals surface area contributed by atoms with Crippen molar-refractivity contribution in [1.29, 1.82) is 0 Å². The molecular formula is C22H22ClNO2. The summed E-state index contributed by atoms with van der Waals surface area (Å²) in [4.78, 5) is 0. The second kappa shape index (κ2) is 9.27. The Morgan fingerprint density at radius 3 is 2.35 bits per heavy atom. The van der Waals surface area contributed by atoms with Crippen LogP contribution in [-0.2, 0) is 19.7 Å². The molecule has 3 aromatic carbocycles. The molecule has 0 fully saturated rings. The highest BCUT2D eigenvalue weighted by molar-refractivity contribution is 6.31. The van der Waals surface area contributed by atoms with Gasteiger partial charge >= 0.3 is 0 Å². The minimum absolute atomic E-state index is 0.515. The third-order valence-electron chi connectivity index (χ3n) is 4.07. The van der Waals surface area contributed by atoms with Crippen molar-refractivity contribution in [1.82, 2.24) is 5.32 Å². The van der Waals surface area contributed by atoms with E-state index in [1.165, 1.54) is 0 Å². The summed E-state index contributed by atoms with van der Waals surface area (Å²) in [6.45, 7) is 1.95. The SMILES string of the molecule is COc1cc(CNCc2ccccc2Cl)ccc1OCc1ccccc1. The van der Waals surface area contributed by atoms with Crippen LogP contribution in [0.25, 0.3) is 0 Å². The molecule has 0 atom stereocenters. The molecule has 0 unspecified atom stereocenters. The molecule has 3 aromatic rings. The average Bonchev–Trinajstić information content (AvgIpc) is 2.69. The van der Waals surface area contributed by atoms with Crippen molar-refractivity contribution in [2.24, 2.45) is 0 Å². The molecule has 0 amide bonds. The van der Waals surface area contributed by atoms with Gasteiger partial charge in [-0.1, -0.05) is 66.2 Å². The highest BCUT2D eigenvalue weighted by Crippen LogP contribution is 2.29. The van der Waals surface area contributed by atoms with Crippen LogP contribution in [0.15, 0.2) is 72.8 Å². The average molecular weight is 368 g/mol. The van der Waals surface area contributed by atoms with E-state index in [2.05, 4.69) is 5.32 Å². The van der Waals surface area contributed by atoms with Gasteiger partial charge in [0.1, 0.15) is 6.61 Å². The Balaban J connectivity index is 1.58. The van der Waals surface area contributed by atoms with E-state index >= 15 is 0 Å². The second-order valence-corrected chi connectivity index (χ2v) is 6.36. The van der Waals surface area contributed by atoms with E-state index in [4.69, 9.17) is 21.1 Å². The minimum Gasteiger partial charge on any atom is -0.493 e. The molecule has 0 aliphatic rings. The van der Waals surface area contributed by atoms with Crippen molar-refractivity contribution < 1.29 is 9.47 Å². The number of hydrogen-bond acceptors (Lipinski definition) is 3. The molecule has 0 saturated carbocycles. The van der Waals surface area contributed by atoms with Crippen molar-refractivity contribution in [3.05, 3.63) is 94.5 Å². The predicted octanol–water partition coefficient (Wildman–Crippen LogP) is 5.22. The first kappa shape index (κ1) is 18.3. The Morgan fingerprint density at radius 1 is 0.808 bits per heavy atom. The van der Waals surface area contributed by atoms with Gasteiger partial charge in [0, 0.05) is 18.1 Å². The first-order valence-electron chi connectivity index (χ1n) is 8.54. The number of benzene rings is 3. The summed E-state index contributed by atoms with van der Waals surface area (Å²) in [6.07, 6.45) is 0. The Labute approximate surface area is 159 Å². The molecular weight excluding hydrogens is 346 g/mol. The molecule has 3 rings (SSSR count). The van der Waals surface area contributed by atoms with E-state index < -0.39 is 0 Å². The van der Waals surface area contributed by atoms with Crippen LogP contribution in [0.3, 0.4) is 0 Å². The van der Waals surface area contributed by atoms with E-state index in [1.807, 2.05) is 72.8 Å². The molecule has 0 aliphatic carbocycles. The van der Waals surface area contributed by atoms with E-state index in [0.29, 0.717) is 13.2 Å². The van der Waals surface area contributed by atoms with Gasteiger partial charge in [-0.15, -0.1) is 0 Å². The van der Waals surface area contributed by atoms with Crippen molar-refractivity contribution in [2.45, 2.75) is 19.7 Å². The van der Waals surface area contributed by atoms with Crippen molar-refractivity contribution in [3.63, 3.8) is 0 Å². The van der Waals surface area contributed by atoms with Crippen LogP contribution in [0, 0.1) is 0 Å². The van der Waals surface area contributed by atoms with Gasteiger partial charge in [-0.05, 0) is 34.9 Å². The Morgan fingerprint density at radius 2 is 1.58 bits per heavy atom. The molecule has 3 nitrogen and oxygen atoms in total. The number of nitrogens with one attached hydrogen (secondary N) is 1. The predicted molar refractivity (Wildman–Crippen MR) is 106 cm³/mol. The summed E-state index contributed by atoms with van der Waals surface area (Å²) in [5.74, 6) is 1.48. The maximum atomic E-state index is 6.18. The Kier molecular flexibility index (Phi) is 6.53. The summed E-state index contributed by atoms with van der Waals surface area (Å²) >= 11 is 6.18. The van der Waals surface area contributed by atoms with E-state index in [-0.39, 0.29) is 0 Å². The number of rotatable bonds is 8. The Bertz CT molecular complexity index is 837. The first-order valence-corrected chi connectivity index (χ1v) is 8.92. The monoisotopic (exact) mass is 367 g/mol. The summed E-state index contributed by atoms with van der Waals surface area (Å²) in [6, 6.07) is 23.9. The fraction of sp³-hybridized carbons (Fsp3) is 0.182. The smallest absolute Gasteiger partial charge is 0.161 e. The van der Waals surface area contributed by atoms with Crippen molar-refractivity contribution in [3.8, 4) is 11.5 Å². The van der Waals surface area contributed by atoms with Crippen LogP contribution in [0.5, 0.6) is 11.5 Å². The molecule has 0 aliphatic heterocycles. The van der Waals surface area contributed by atoms with Crippen LogP contribution >= 0.6 is 11.6 Å². The Hall–Kier alpha value is -2.49. The number of ether oxygens (including phenoxy) is 2. The van der Waals surface area contributed by atoms with E-state index in [1.54, 1.807) is 7.11 Å². The molecule has 4 heteroatoms. The molecule has 0 radical (unpaired) electrons. The lowest BCUT2D eigenvalue weighted by Gasteiger charge is -2.13. The normalized spacial score (nSPS) is 10.5. The van der Waals surface area contributed by atoms with Gasteiger partial charge in [-0.2, -0.15) is 0 Å². The molecule has 26 heavy (non-hydrogen) atoms. The zero-order valence-electron chi connectivity index (χ0n) is 14.7. The molecule has 0 bridgehead atoms. The lowest BCUT2D eigenvalue weighted by molar-refractivity contribution is 0.284. The topological polar surface area (TPSA) is 30.5 Å². The van der Waals surface area contributed by atoms with Crippen molar-refractivity contribution in [2.75, 3.05) is 7.11 Å². The van der Waals surface area contributed by atoms with Crippen LogP contribution in [0.1, 0.15) is 16.7 Å². The first-order chi connectivity index (χ1) is 12.8. The maximum absolute atomic E-state index is 6.18. The lowest BCUT2D eigenvalue weighted by atomic mass is 10.2. The van der Waals surface area contributed by atoms with E-state index in [9.17, 15) is 0 Å². The van der Waals surface area contributed by atoms with Gasteiger partial charge in [0.25, 0.3) is 0 Å².